The first kappa shape index (κ1) is 33.5. The van der Waals surface area contributed by atoms with Crippen molar-refractivity contribution in [1.82, 2.24) is 0 Å². The highest BCUT2D eigenvalue weighted by Crippen LogP contribution is 2.44. The maximum atomic E-state index is 11.7. The fourth-order valence-electron chi connectivity index (χ4n) is 3.23. The van der Waals surface area contributed by atoms with Crippen molar-refractivity contribution in [2.24, 2.45) is 0 Å². The summed E-state index contributed by atoms with van der Waals surface area (Å²) in [6, 6.07) is 7.44. The van der Waals surface area contributed by atoms with Crippen molar-refractivity contribution < 1.29 is 38.7 Å². The third-order valence-electron chi connectivity index (χ3n) is 5.49. The van der Waals surface area contributed by atoms with Gasteiger partial charge < -0.3 is 29.2 Å². The molecule has 0 aliphatic carbocycles. The van der Waals surface area contributed by atoms with Crippen LogP contribution in [0.25, 0.3) is 0 Å². The second-order valence-electron chi connectivity index (χ2n) is 8.90. The van der Waals surface area contributed by atoms with Crippen LogP contribution in [0.15, 0.2) is 67.5 Å². The molecular formula is C27H28Br4O8. The Bertz CT molecular complexity index is 1100. The van der Waals surface area contributed by atoms with Gasteiger partial charge in [-0.15, -0.1) is 0 Å². The van der Waals surface area contributed by atoms with Crippen molar-refractivity contribution in [2.75, 3.05) is 0 Å². The van der Waals surface area contributed by atoms with Gasteiger partial charge in [0.15, 0.2) is 11.5 Å². The third-order valence-corrected chi connectivity index (χ3v) is 7.85. The SMILES string of the molecule is C=CC(=O)OC(Oc1c(Br)cc(C(C)(C)c2cc(Br)c(OC(OC(=O)C=C)C(C)O)c(Br)c2)cc1Br)C(C)O. The van der Waals surface area contributed by atoms with Crippen LogP contribution >= 0.6 is 63.7 Å². The molecule has 4 unspecified atom stereocenters. The first-order chi connectivity index (χ1) is 18.1. The lowest BCUT2D eigenvalue weighted by Gasteiger charge is -2.29. The number of carbonyl (C=O) groups is 2. The standard InChI is InChI=1S/C27H28Br4O8/c1-7-21(34)36-25(13(3)32)38-23-17(28)9-15(10-18(23)29)27(5,6)16-11-19(30)24(20(31)12-16)39-26(14(4)33)37-22(35)8-2/h7-14,25-26,32-33H,1-2H2,3-6H3. The fraction of sp³-hybridized carbons (Fsp3) is 0.333. The van der Waals surface area contributed by atoms with E-state index in [0.717, 1.165) is 23.3 Å². The maximum Gasteiger partial charge on any atom is 0.333 e. The number of aliphatic hydroxyl groups excluding tert-OH is 2. The molecular weight excluding hydrogens is 772 g/mol. The number of benzene rings is 2. The highest BCUT2D eigenvalue weighted by Gasteiger charge is 2.30. The topological polar surface area (TPSA) is 112 Å². The van der Waals surface area contributed by atoms with Crippen molar-refractivity contribution >= 4 is 75.7 Å². The second-order valence-corrected chi connectivity index (χ2v) is 12.3. The van der Waals surface area contributed by atoms with E-state index in [4.69, 9.17) is 18.9 Å². The molecule has 8 nitrogen and oxygen atoms in total. The molecule has 0 spiro atoms. The minimum absolute atomic E-state index is 0.335. The van der Waals surface area contributed by atoms with E-state index in [0.29, 0.717) is 29.4 Å². The molecule has 0 heterocycles. The van der Waals surface area contributed by atoms with Gasteiger partial charge in [0.2, 0.25) is 0 Å². The van der Waals surface area contributed by atoms with Gasteiger partial charge in [0.25, 0.3) is 12.6 Å². The van der Waals surface area contributed by atoms with Crippen molar-refractivity contribution in [3.05, 3.63) is 78.6 Å². The molecule has 0 amide bonds. The number of rotatable bonds is 12. The Labute approximate surface area is 260 Å². The average Bonchev–Trinajstić information content (AvgIpc) is 2.85. The number of halogens is 4. The molecule has 39 heavy (non-hydrogen) atoms. The van der Waals surface area contributed by atoms with Gasteiger partial charge in [-0.1, -0.05) is 27.0 Å². The minimum Gasteiger partial charge on any atom is -0.450 e. The molecule has 0 aliphatic rings. The predicted molar refractivity (Wildman–Crippen MR) is 161 cm³/mol. The summed E-state index contributed by atoms with van der Waals surface area (Å²) in [5.74, 6) is -0.787. The molecule has 2 rings (SSSR count). The number of hydrogen-bond acceptors (Lipinski definition) is 8. The van der Waals surface area contributed by atoms with Crippen LogP contribution in [0.5, 0.6) is 11.5 Å². The Morgan fingerprint density at radius 2 is 1.03 bits per heavy atom. The van der Waals surface area contributed by atoms with Crippen LogP contribution in [0.1, 0.15) is 38.8 Å². The molecule has 2 aromatic carbocycles. The zero-order valence-corrected chi connectivity index (χ0v) is 27.9. The van der Waals surface area contributed by atoms with Crippen molar-refractivity contribution in [3.8, 4) is 11.5 Å². The van der Waals surface area contributed by atoms with Crippen LogP contribution < -0.4 is 9.47 Å². The van der Waals surface area contributed by atoms with Crippen LogP contribution in [0.4, 0.5) is 0 Å². The zero-order chi connectivity index (χ0) is 29.7. The fourth-order valence-corrected chi connectivity index (χ4v) is 5.98. The lowest BCUT2D eigenvalue weighted by molar-refractivity contribution is -0.173. The Hall–Kier alpha value is -1.70. The van der Waals surface area contributed by atoms with Crippen molar-refractivity contribution in [2.45, 2.75) is 57.9 Å². The highest BCUT2D eigenvalue weighted by molar-refractivity contribution is 9.11. The van der Waals surface area contributed by atoms with Crippen LogP contribution in [-0.4, -0.2) is 46.9 Å². The Morgan fingerprint density at radius 1 is 0.744 bits per heavy atom. The summed E-state index contributed by atoms with van der Waals surface area (Å²) in [6.07, 6.45) is -2.74. The van der Waals surface area contributed by atoms with Crippen LogP contribution in [0, 0.1) is 0 Å². The third kappa shape index (κ3) is 8.64. The summed E-state index contributed by atoms with van der Waals surface area (Å²) in [4.78, 5) is 23.3. The Morgan fingerprint density at radius 3 is 1.26 bits per heavy atom. The van der Waals surface area contributed by atoms with Gasteiger partial charge in [-0.2, -0.15) is 0 Å². The molecule has 0 fully saturated rings. The maximum absolute atomic E-state index is 11.7. The molecule has 2 aromatic rings. The summed E-state index contributed by atoms with van der Waals surface area (Å²) in [7, 11) is 0. The van der Waals surface area contributed by atoms with Gasteiger partial charge in [-0.05, 0) is 113 Å². The molecule has 0 saturated heterocycles. The smallest absolute Gasteiger partial charge is 0.333 e. The van der Waals surface area contributed by atoms with E-state index in [9.17, 15) is 19.8 Å². The van der Waals surface area contributed by atoms with E-state index in [1.165, 1.54) is 13.8 Å². The first-order valence-electron chi connectivity index (χ1n) is 11.5. The predicted octanol–water partition coefficient (Wildman–Crippen LogP) is 6.69. The van der Waals surface area contributed by atoms with E-state index < -0.39 is 42.1 Å². The molecule has 0 aromatic heterocycles. The quantitative estimate of drug-likeness (QED) is 0.139. The van der Waals surface area contributed by atoms with E-state index >= 15 is 0 Å². The highest BCUT2D eigenvalue weighted by atomic mass is 79.9. The van der Waals surface area contributed by atoms with E-state index in [2.05, 4.69) is 76.9 Å². The summed E-state index contributed by atoms with van der Waals surface area (Å²) in [5, 5.41) is 20.0. The van der Waals surface area contributed by atoms with Crippen molar-refractivity contribution in [1.29, 1.82) is 0 Å². The average molecular weight is 800 g/mol. The largest absolute Gasteiger partial charge is 0.450 e. The van der Waals surface area contributed by atoms with Gasteiger partial charge in [0.1, 0.15) is 12.2 Å². The molecule has 0 aliphatic heterocycles. The lowest BCUT2D eigenvalue weighted by Crippen LogP contribution is -2.34. The normalized spacial score (nSPS) is 14.4. The summed E-state index contributed by atoms with van der Waals surface area (Å²) < 4.78 is 24.0. The molecule has 4 atom stereocenters. The van der Waals surface area contributed by atoms with Gasteiger partial charge >= 0.3 is 11.9 Å². The van der Waals surface area contributed by atoms with Crippen LogP contribution in [0.2, 0.25) is 0 Å². The summed E-state index contributed by atoms with van der Waals surface area (Å²) in [5.41, 5.74) is 1.23. The molecule has 0 saturated carbocycles. The monoisotopic (exact) mass is 796 g/mol. The van der Waals surface area contributed by atoms with Gasteiger partial charge in [-0.25, -0.2) is 9.59 Å². The van der Waals surface area contributed by atoms with Crippen LogP contribution in [0.3, 0.4) is 0 Å². The molecule has 12 heteroatoms. The van der Waals surface area contributed by atoms with Crippen LogP contribution in [-0.2, 0) is 24.5 Å². The Kier molecular flexibility index (Phi) is 12.3. The Balaban J connectivity index is 2.42. The number of hydrogen-bond donors (Lipinski definition) is 2. The van der Waals surface area contributed by atoms with E-state index in [1.807, 2.05) is 38.1 Å². The second kappa shape index (κ2) is 14.3. The van der Waals surface area contributed by atoms with E-state index in [1.54, 1.807) is 0 Å². The zero-order valence-electron chi connectivity index (χ0n) is 21.5. The van der Waals surface area contributed by atoms with Gasteiger partial charge in [0.05, 0.1) is 17.9 Å². The number of aliphatic hydroxyl groups is 2. The molecule has 212 valence electrons. The summed E-state index contributed by atoms with van der Waals surface area (Å²) >= 11 is 14.1. The van der Waals surface area contributed by atoms with Crippen molar-refractivity contribution in [3.63, 3.8) is 0 Å². The molecule has 0 radical (unpaired) electrons. The minimum atomic E-state index is -1.25. The number of carbonyl (C=O) groups excluding carboxylic acids is 2. The molecule has 0 bridgehead atoms. The summed E-state index contributed by atoms with van der Waals surface area (Å²) in [6.45, 7) is 13.6. The first-order valence-corrected chi connectivity index (χ1v) is 14.6. The van der Waals surface area contributed by atoms with Gasteiger partial charge in [-0.3, -0.25) is 0 Å². The number of esters is 2. The van der Waals surface area contributed by atoms with Gasteiger partial charge in [0, 0.05) is 17.6 Å². The van der Waals surface area contributed by atoms with E-state index in [-0.39, 0.29) is 0 Å². The molecule has 2 N–H and O–H groups in total. The number of ether oxygens (including phenoxy) is 4. The lowest BCUT2D eigenvalue weighted by atomic mass is 9.78.